The lowest BCUT2D eigenvalue weighted by Crippen LogP contribution is -2.73. The number of rotatable bonds is 4. The number of piperazine rings is 1. The van der Waals surface area contributed by atoms with Crippen molar-refractivity contribution in [3.8, 4) is 11.8 Å². The van der Waals surface area contributed by atoms with E-state index in [0.29, 0.717) is 0 Å². The van der Waals surface area contributed by atoms with Gasteiger partial charge in [-0.15, -0.1) is 0 Å². The molecule has 0 spiro atoms. The Morgan fingerprint density at radius 3 is 2.67 bits per heavy atom. The fourth-order valence-electron chi connectivity index (χ4n) is 4.52. The van der Waals surface area contributed by atoms with Crippen molar-refractivity contribution in [3.63, 3.8) is 0 Å². The second kappa shape index (κ2) is 9.59. The summed E-state index contributed by atoms with van der Waals surface area (Å²) in [6, 6.07) is 9.12. The van der Waals surface area contributed by atoms with Crippen LogP contribution in [-0.4, -0.2) is 58.6 Å². The minimum absolute atomic E-state index is 0.155. The molecule has 33 heavy (non-hydrogen) atoms. The minimum atomic E-state index is -0.765. The molecule has 0 radical (unpaired) electrons. The van der Waals surface area contributed by atoms with Gasteiger partial charge in [0.2, 0.25) is 5.91 Å². The van der Waals surface area contributed by atoms with Gasteiger partial charge in [-0.1, -0.05) is 30.9 Å². The standard InChI is InChI=1S/C25H25F2N3O3/c1-2-3-4-5-16-6-8-17(9-7-16)24-21-13-29(14-23(32)30(21)22(24)15-31)25(33)28-20-12-18(26)10-11-19(20)27/h6-12,21-22,24,31H,2-3,13-15H2,1H3,(H,28,33)/t21-,22+,24-/m0/s1. The summed E-state index contributed by atoms with van der Waals surface area (Å²) in [5.74, 6) is 4.32. The maximum absolute atomic E-state index is 13.9. The van der Waals surface area contributed by atoms with Crippen LogP contribution in [0.4, 0.5) is 19.3 Å². The quantitative estimate of drug-likeness (QED) is 0.698. The summed E-state index contributed by atoms with van der Waals surface area (Å²) in [5.41, 5.74) is 1.55. The van der Waals surface area contributed by atoms with Gasteiger partial charge in [0.1, 0.15) is 18.2 Å². The number of fused-ring (bicyclic) bond motifs is 1. The molecule has 2 fully saturated rings. The number of urea groups is 1. The summed E-state index contributed by atoms with van der Waals surface area (Å²) in [5, 5.41) is 12.3. The van der Waals surface area contributed by atoms with E-state index in [1.807, 2.05) is 24.3 Å². The molecule has 2 saturated heterocycles. The van der Waals surface area contributed by atoms with Crippen molar-refractivity contribution in [1.82, 2.24) is 9.80 Å². The summed E-state index contributed by atoms with van der Waals surface area (Å²) in [6.07, 6.45) is 1.82. The Kier molecular flexibility index (Phi) is 6.61. The fourth-order valence-corrected chi connectivity index (χ4v) is 4.52. The van der Waals surface area contributed by atoms with Crippen LogP contribution in [0.5, 0.6) is 0 Å². The van der Waals surface area contributed by atoms with Crippen molar-refractivity contribution < 1.29 is 23.5 Å². The fraction of sp³-hybridized carbons (Fsp3) is 0.360. The minimum Gasteiger partial charge on any atom is -0.394 e. The molecule has 3 atom stereocenters. The summed E-state index contributed by atoms with van der Waals surface area (Å²) in [6.45, 7) is 1.90. The number of unbranched alkanes of at least 4 members (excludes halogenated alkanes) is 1. The number of aliphatic hydroxyl groups is 1. The van der Waals surface area contributed by atoms with Crippen LogP contribution in [0.1, 0.15) is 36.8 Å². The van der Waals surface area contributed by atoms with E-state index in [1.54, 1.807) is 4.90 Å². The van der Waals surface area contributed by atoms with Crippen molar-refractivity contribution >= 4 is 17.6 Å². The first-order valence-electron chi connectivity index (χ1n) is 10.9. The third-order valence-corrected chi connectivity index (χ3v) is 6.11. The molecule has 8 heteroatoms. The largest absolute Gasteiger partial charge is 0.394 e. The van der Waals surface area contributed by atoms with Crippen LogP contribution in [0, 0.1) is 23.5 Å². The predicted molar refractivity (Wildman–Crippen MR) is 119 cm³/mol. The topological polar surface area (TPSA) is 72.9 Å². The molecule has 0 bridgehead atoms. The highest BCUT2D eigenvalue weighted by Crippen LogP contribution is 2.43. The van der Waals surface area contributed by atoms with Crippen molar-refractivity contribution in [2.24, 2.45) is 0 Å². The second-order valence-corrected chi connectivity index (χ2v) is 8.25. The monoisotopic (exact) mass is 453 g/mol. The van der Waals surface area contributed by atoms with Gasteiger partial charge in [-0.3, -0.25) is 4.79 Å². The van der Waals surface area contributed by atoms with E-state index < -0.39 is 17.7 Å². The molecule has 3 amide bonds. The van der Waals surface area contributed by atoms with E-state index in [2.05, 4.69) is 24.1 Å². The highest BCUT2D eigenvalue weighted by atomic mass is 19.1. The Balaban J connectivity index is 1.50. The first-order chi connectivity index (χ1) is 15.9. The smallest absolute Gasteiger partial charge is 0.322 e. The Morgan fingerprint density at radius 2 is 1.97 bits per heavy atom. The van der Waals surface area contributed by atoms with Crippen LogP contribution >= 0.6 is 0 Å². The average molecular weight is 453 g/mol. The molecular formula is C25H25F2N3O3. The van der Waals surface area contributed by atoms with E-state index in [0.717, 1.165) is 42.2 Å². The normalized spacial score (nSPS) is 21.6. The first kappa shape index (κ1) is 22.7. The molecule has 4 rings (SSSR count). The van der Waals surface area contributed by atoms with Crippen LogP contribution < -0.4 is 5.32 Å². The van der Waals surface area contributed by atoms with E-state index in [-0.39, 0.29) is 49.3 Å². The molecule has 6 nitrogen and oxygen atoms in total. The summed E-state index contributed by atoms with van der Waals surface area (Å²) < 4.78 is 27.4. The highest BCUT2D eigenvalue weighted by molar-refractivity contribution is 5.94. The van der Waals surface area contributed by atoms with Gasteiger partial charge in [-0.2, -0.15) is 0 Å². The van der Waals surface area contributed by atoms with Gasteiger partial charge in [0.05, 0.1) is 24.4 Å². The number of hydrogen-bond acceptors (Lipinski definition) is 3. The van der Waals surface area contributed by atoms with Gasteiger partial charge < -0.3 is 20.2 Å². The van der Waals surface area contributed by atoms with Gasteiger partial charge in [-0.25, -0.2) is 13.6 Å². The molecule has 172 valence electrons. The molecular weight excluding hydrogens is 428 g/mol. The Labute approximate surface area is 191 Å². The van der Waals surface area contributed by atoms with Crippen molar-refractivity contribution in [1.29, 1.82) is 0 Å². The highest BCUT2D eigenvalue weighted by Gasteiger charge is 2.54. The Bertz CT molecular complexity index is 1110. The van der Waals surface area contributed by atoms with Crippen LogP contribution in [0.2, 0.25) is 0 Å². The zero-order valence-electron chi connectivity index (χ0n) is 18.2. The van der Waals surface area contributed by atoms with E-state index in [4.69, 9.17) is 0 Å². The lowest BCUT2D eigenvalue weighted by atomic mass is 9.73. The number of nitrogens with zero attached hydrogens (tertiary/aromatic N) is 2. The first-order valence-corrected chi connectivity index (χ1v) is 10.9. The number of aliphatic hydroxyl groups excluding tert-OH is 1. The van der Waals surface area contributed by atoms with Crippen LogP contribution in [0.3, 0.4) is 0 Å². The number of anilines is 1. The van der Waals surface area contributed by atoms with Crippen molar-refractivity contribution in [2.45, 2.75) is 37.8 Å². The molecule has 2 aromatic carbocycles. The second-order valence-electron chi connectivity index (χ2n) is 8.25. The van der Waals surface area contributed by atoms with Crippen molar-refractivity contribution in [2.75, 3.05) is 25.0 Å². The summed E-state index contributed by atoms with van der Waals surface area (Å²) in [7, 11) is 0. The molecule has 0 aromatic heterocycles. The predicted octanol–water partition coefficient (Wildman–Crippen LogP) is 3.32. The maximum atomic E-state index is 13.9. The summed E-state index contributed by atoms with van der Waals surface area (Å²) >= 11 is 0. The zero-order valence-corrected chi connectivity index (χ0v) is 18.2. The molecule has 2 aliphatic rings. The van der Waals surface area contributed by atoms with Gasteiger partial charge in [0.15, 0.2) is 0 Å². The molecule has 2 aromatic rings. The number of carbonyl (C=O) groups is 2. The van der Waals surface area contributed by atoms with E-state index in [9.17, 15) is 23.5 Å². The third kappa shape index (κ3) is 4.55. The SMILES string of the molecule is CCCC#Cc1ccc([C@@H]2[C@@H](CO)N3C(=O)CN(C(=O)Nc4cc(F)ccc4F)C[C@@H]23)cc1. The van der Waals surface area contributed by atoms with Gasteiger partial charge in [0.25, 0.3) is 0 Å². The van der Waals surface area contributed by atoms with Gasteiger partial charge in [-0.05, 0) is 36.2 Å². The number of hydrogen-bond donors (Lipinski definition) is 2. The van der Waals surface area contributed by atoms with Gasteiger partial charge >= 0.3 is 6.03 Å². The average Bonchev–Trinajstić information content (AvgIpc) is 2.78. The third-order valence-electron chi connectivity index (χ3n) is 6.11. The van der Waals surface area contributed by atoms with E-state index >= 15 is 0 Å². The Hall–Kier alpha value is -3.44. The van der Waals surface area contributed by atoms with Crippen LogP contribution in [-0.2, 0) is 4.79 Å². The van der Waals surface area contributed by atoms with E-state index in [1.165, 1.54) is 4.90 Å². The Morgan fingerprint density at radius 1 is 1.21 bits per heavy atom. The zero-order chi connectivity index (χ0) is 23.5. The van der Waals surface area contributed by atoms with Crippen molar-refractivity contribution in [3.05, 3.63) is 65.2 Å². The molecule has 0 aliphatic carbocycles. The lowest BCUT2D eigenvalue weighted by molar-refractivity contribution is -0.159. The molecule has 0 saturated carbocycles. The van der Waals surface area contributed by atoms with Gasteiger partial charge in [0, 0.05) is 30.5 Å². The number of halogens is 2. The molecule has 0 unspecified atom stereocenters. The van der Waals surface area contributed by atoms with Crippen LogP contribution in [0.25, 0.3) is 0 Å². The number of carbonyl (C=O) groups excluding carboxylic acids is 2. The molecule has 2 heterocycles. The number of benzene rings is 2. The maximum Gasteiger partial charge on any atom is 0.322 e. The molecule has 2 aliphatic heterocycles. The lowest BCUT2D eigenvalue weighted by Gasteiger charge is -2.58. The number of amides is 3. The number of nitrogens with one attached hydrogen (secondary N) is 1. The molecule has 2 N–H and O–H groups in total. The van der Waals surface area contributed by atoms with Crippen LogP contribution in [0.15, 0.2) is 42.5 Å². The summed E-state index contributed by atoms with van der Waals surface area (Å²) in [4.78, 5) is 28.3.